The summed E-state index contributed by atoms with van der Waals surface area (Å²) < 4.78 is 0. The summed E-state index contributed by atoms with van der Waals surface area (Å²) in [7, 11) is 0. The minimum absolute atomic E-state index is 0.108. The molecule has 0 saturated heterocycles. The van der Waals surface area contributed by atoms with Gasteiger partial charge in [0.25, 0.3) is 0 Å². The number of hydrogen-bond acceptors (Lipinski definition) is 6. The Labute approximate surface area is 361 Å². The van der Waals surface area contributed by atoms with E-state index < -0.39 is 11.9 Å². The van der Waals surface area contributed by atoms with E-state index in [2.05, 4.69) is 48.5 Å². The molecule has 8 fully saturated rings. The van der Waals surface area contributed by atoms with Crippen molar-refractivity contribution in [3.8, 4) is 0 Å². The molecular weight excluding hydrogens is 753 g/mol. The summed E-state index contributed by atoms with van der Waals surface area (Å²) in [4.78, 5) is 50.0. The number of allylic oxidation sites excluding steroid dienone is 2. The maximum atomic E-state index is 13.9. The number of carbonyl (C=O) groups excluding carboxylic acids is 2. The minimum atomic E-state index is -0.705. The quantitative estimate of drug-likeness (QED) is 0.168. The molecule has 0 radical (unpaired) electrons. The molecule has 8 aliphatic carbocycles. The van der Waals surface area contributed by atoms with Crippen LogP contribution in [0.2, 0.25) is 0 Å². The summed E-state index contributed by atoms with van der Waals surface area (Å²) >= 11 is 0. The van der Waals surface area contributed by atoms with Gasteiger partial charge in [-0.3, -0.25) is 19.2 Å². The maximum Gasteiger partial charge on any atom is 0.303 e. The standard InChI is InChI=1S/C26H42O4.C26H40O4/c2*1-5-17-21-14-16(27)10-12-26(21,4)20-11-13-25(3)18(15(2)6-9-22(28)29)7-8-19(25)23(20)24(17)30/h15-21,23,27H,5-14H2,1-4H3,(H,28,29);5,15-16,18-21,23,27H,6-14H2,1-4H3,(H,28,29)/t15-,16-,17-,18-,19?,20?,21+,23+,25-,26-;15-,16-,18-,19?,20?,21+,23+,25-,26-/m11/s1. The fourth-order valence-electron chi connectivity index (χ4n) is 17.9. The van der Waals surface area contributed by atoms with Crippen molar-refractivity contribution in [2.24, 2.45) is 98.6 Å². The summed E-state index contributed by atoms with van der Waals surface area (Å²) in [5.41, 5.74) is 1.61. The molecule has 8 nitrogen and oxygen atoms in total. The van der Waals surface area contributed by atoms with Crippen LogP contribution in [0, 0.1) is 98.6 Å². The van der Waals surface area contributed by atoms with Crippen LogP contribution in [0.3, 0.4) is 0 Å². The van der Waals surface area contributed by atoms with Gasteiger partial charge in [-0.05, 0) is 202 Å². The van der Waals surface area contributed by atoms with Gasteiger partial charge >= 0.3 is 11.9 Å². The highest BCUT2D eigenvalue weighted by Gasteiger charge is 2.66. The lowest BCUT2D eigenvalue weighted by molar-refractivity contribution is -0.173. The van der Waals surface area contributed by atoms with E-state index in [4.69, 9.17) is 10.2 Å². The lowest BCUT2D eigenvalue weighted by atomic mass is 9.42. The Morgan fingerprint density at radius 2 is 1.08 bits per heavy atom. The number of fused-ring (bicyclic) bond motifs is 10. The maximum absolute atomic E-state index is 13.9. The molecule has 8 saturated carbocycles. The summed E-state index contributed by atoms with van der Waals surface area (Å²) in [5, 5.41) is 39.0. The molecule has 4 N–H and O–H groups in total. The van der Waals surface area contributed by atoms with E-state index in [0.29, 0.717) is 64.8 Å². The van der Waals surface area contributed by atoms with Crippen molar-refractivity contribution in [3.05, 3.63) is 11.6 Å². The molecule has 4 unspecified atom stereocenters. The summed E-state index contributed by atoms with van der Waals surface area (Å²) in [6, 6.07) is 0. The molecule has 0 aromatic heterocycles. The number of carboxylic acids is 2. The zero-order valence-corrected chi connectivity index (χ0v) is 38.6. The molecule has 0 aliphatic heterocycles. The van der Waals surface area contributed by atoms with Crippen LogP contribution >= 0.6 is 0 Å². The number of carboxylic acid groups (broad SMARTS) is 2. The zero-order valence-electron chi connectivity index (χ0n) is 38.6. The van der Waals surface area contributed by atoms with Gasteiger partial charge in [0, 0.05) is 30.6 Å². The number of Topliss-reactive ketones (excluding diaryl/α,β-unsaturated/α-hetero) is 2. The van der Waals surface area contributed by atoms with Crippen molar-refractivity contribution in [1.29, 1.82) is 0 Å². The van der Waals surface area contributed by atoms with Crippen molar-refractivity contribution < 1.29 is 39.6 Å². The van der Waals surface area contributed by atoms with Gasteiger partial charge in [-0.25, -0.2) is 0 Å². The predicted octanol–water partition coefficient (Wildman–Crippen LogP) is 10.6. The fourth-order valence-corrected chi connectivity index (χ4v) is 17.9. The van der Waals surface area contributed by atoms with Gasteiger partial charge in [0.05, 0.1) is 12.2 Å². The normalized spacial score (nSPS) is 48.6. The van der Waals surface area contributed by atoms with E-state index >= 15 is 0 Å². The molecule has 0 spiro atoms. The number of ketones is 2. The average Bonchev–Trinajstić information content (AvgIpc) is 3.74. The van der Waals surface area contributed by atoms with Gasteiger partial charge in [-0.15, -0.1) is 0 Å². The van der Waals surface area contributed by atoms with Crippen LogP contribution in [-0.2, 0) is 19.2 Å². The molecule has 8 aliphatic rings. The van der Waals surface area contributed by atoms with Gasteiger partial charge < -0.3 is 20.4 Å². The average molecular weight is 835 g/mol. The molecule has 19 atom stereocenters. The molecule has 0 bridgehead atoms. The SMILES string of the molecule is CC=C1C(=O)[C@H]2C3CC[C@H]([C@H](C)CCC(=O)O)[C@@]3(C)CCC2[C@@]2(C)CC[C@@H](O)C[C@@H]12.CC[C@H]1C(=O)[C@H]2C3CC[C@H]([C@H](C)CCC(=O)O)[C@@]3(C)CCC2[C@@]2(C)CC[C@@H](O)C[C@@H]12. The van der Waals surface area contributed by atoms with Crippen LogP contribution in [0.25, 0.3) is 0 Å². The summed E-state index contributed by atoms with van der Waals surface area (Å²) in [6.07, 6.45) is 18.9. The van der Waals surface area contributed by atoms with Gasteiger partial charge in [-0.1, -0.05) is 54.5 Å². The van der Waals surface area contributed by atoms with Crippen molar-refractivity contribution >= 4 is 23.5 Å². The predicted molar refractivity (Wildman–Crippen MR) is 234 cm³/mol. The van der Waals surface area contributed by atoms with Crippen molar-refractivity contribution in [3.63, 3.8) is 0 Å². The van der Waals surface area contributed by atoms with E-state index in [1.165, 1.54) is 6.42 Å². The Kier molecular flexibility index (Phi) is 13.1. The Balaban J connectivity index is 0.000000181. The second-order valence-electron chi connectivity index (χ2n) is 23.3. The highest BCUT2D eigenvalue weighted by atomic mass is 16.4. The van der Waals surface area contributed by atoms with Crippen LogP contribution in [-0.4, -0.2) is 56.1 Å². The zero-order chi connectivity index (χ0) is 43.7. The fraction of sp³-hybridized carbons (Fsp3) is 0.885. The van der Waals surface area contributed by atoms with Crippen LogP contribution < -0.4 is 0 Å². The van der Waals surface area contributed by atoms with E-state index in [9.17, 15) is 29.4 Å². The third-order valence-corrected chi connectivity index (χ3v) is 21.0. The van der Waals surface area contributed by atoms with Crippen molar-refractivity contribution in [1.82, 2.24) is 0 Å². The molecule has 0 amide bonds. The molecule has 0 heterocycles. The van der Waals surface area contributed by atoms with Crippen molar-refractivity contribution in [2.45, 2.75) is 190 Å². The first-order valence-electron chi connectivity index (χ1n) is 24.8. The van der Waals surface area contributed by atoms with E-state index in [1.54, 1.807) is 0 Å². The van der Waals surface area contributed by atoms with Gasteiger partial charge in [-0.2, -0.15) is 0 Å². The highest BCUT2D eigenvalue weighted by Crippen LogP contribution is 2.70. The molecule has 8 heteroatoms. The molecule has 60 heavy (non-hydrogen) atoms. The van der Waals surface area contributed by atoms with Crippen molar-refractivity contribution in [2.75, 3.05) is 0 Å². The molecule has 8 rings (SSSR count). The van der Waals surface area contributed by atoms with Crippen LogP contribution in [0.1, 0.15) is 177 Å². The molecule has 0 aromatic rings. The minimum Gasteiger partial charge on any atom is -0.481 e. The van der Waals surface area contributed by atoms with Crippen LogP contribution in [0.4, 0.5) is 0 Å². The van der Waals surface area contributed by atoms with Gasteiger partial charge in [0.15, 0.2) is 5.78 Å². The number of aliphatic carboxylic acids is 2. The highest BCUT2D eigenvalue weighted by molar-refractivity contribution is 5.99. The Bertz CT molecular complexity index is 1670. The third-order valence-electron chi connectivity index (χ3n) is 21.0. The Morgan fingerprint density at radius 1 is 0.633 bits per heavy atom. The lowest BCUT2D eigenvalue weighted by Crippen LogP contribution is -2.60. The first kappa shape index (κ1) is 45.9. The number of aliphatic hydroxyl groups excluding tert-OH is 2. The Hall–Kier alpha value is -2.06. The third kappa shape index (κ3) is 7.51. The first-order valence-corrected chi connectivity index (χ1v) is 24.8. The van der Waals surface area contributed by atoms with Gasteiger partial charge in [0.1, 0.15) is 5.78 Å². The lowest BCUT2D eigenvalue weighted by Gasteiger charge is -2.62. The van der Waals surface area contributed by atoms with E-state index in [1.807, 2.05) is 13.0 Å². The summed E-state index contributed by atoms with van der Waals surface area (Å²) in [6.45, 7) is 18.3. The monoisotopic (exact) mass is 835 g/mol. The van der Waals surface area contributed by atoms with Gasteiger partial charge in [0.2, 0.25) is 0 Å². The van der Waals surface area contributed by atoms with E-state index in [0.717, 1.165) is 108 Å². The number of hydrogen-bond donors (Lipinski definition) is 4. The van der Waals surface area contributed by atoms with E-state index in [-0.39, 0.29) is 70.4 Å². The number of aliphatic hydroxyl groups is 2. The number of rotatable bonds is 9. The molecular formula is C52H82O8. The molecule has 338 valence electrons. The van der Waals surface area contributed by atoms with Crippen LogP contribution in [0.5, 0.6) is 0 Å². The second kappa shape index (κ2) is 17.1. The summed E-state index contributed by atoms with van der Waals surface area (Å²) in [5.74, 6) is 4.05. The second-order valence-corrected chi connectivity index (χ2v) is 23.3. The molecule has 0 aromatic carbocycles. The Morgan fingerprint density at radius 3 is 1.58 bits per heavy atom. The van der Waals surface area contributed by atoms with Crippen LogP contribution in [0.15, 0.2) is 11.6 Å². The number of carbonyl (C=O) groups is 4. The smallest absolute Gasteiger partial charge is 0.303 e. The largest absolute Gasteiger partial charge is 0.481 e. The first-order chi connectivity index (χ1) is 28.3. The topological polar surface area (TPSA) is 149 Å².